The van der Waals surface area contributed by atoms with Gasteiger partial charge in [-0.25, -0.2) is 0 Å². The van der Waals surface area contributed by atoms with Crippen molar-refractivity contribution in [1.29, 1.82) is 0 Å². The van der Waals surface area contributed by atoms with E-state index < -0.39 is 5.41 Å². The Bertz CT molecular complexity index is 539. The second-order valence-electron chi connectivity index (χ2n) is 5.14. The minimum atomic E-state index is -0.441. The topological polar surface area (TPSA) is 55.1 Å². The summed E-state index contributed by atoms with van der Waals surface area (Å²) in [5, 5.41) is 2.90. The number of rotatable bonds is 2. The number of furan rings is 1. The zero-order valence-corrected chi connectivity index (χ0v) is 10.7. The van der Waals surface area contributed by atoms with Crippen LogP contribution in [0, 0.1) is 5.41 Å². The number of pyridine rings is 1. The molecule has 0 spiro atoms. The van der Waals surface area contributed by atoms with E-state index in [1.807, 2.05) is 32.9 Å². The fraction of sp³-hybridized carbons (Fsp3) is 0.286. The predicted molar refractivity (Wildman–Crippen MR) is 70.0 cm³/mol. The van der Waals surface area contributed by atoms with Gasteiger partial charge in [-0.3, -0.25) is 9.78 Å². The Morgan fingerprint density at radius 1 is 1.33 bits per heavy atom. The number of nitrogens with one attached hydrogen (secondary N) is 1. The van der Waals surface area contributed by atoms with Crippen molar-refractivity contribution in [2.24, 2.45) is 5.41 Å². The lowest BCUT2D eigenvalue weighted by molar-refractivity contribution is -0.123. The summed E-state index contributed by atoms with van der Waals surface area (Å²) in [5.41, 5.74) is 2.07. The Morgan fingerprint density at radius 3 is 2.72 bits per heavy atom. The molecular weight excluding hydrogens is 228 g/mol. The molecule has 0 aliphatic rings. The average Bonchev–Trinajstić information content (AvgIpc) is 2.82. The molecule has 2 heterocycles. The molecule has 2 rings (SSSR count). The molecule has 18 heavy (non-hydrogen) atoms. The van der Waals surface area contributed by atoms with Gasteiger partial charge in [0.1, 0.15) is 0 Å². The molecule has 0 unspecified atom stereocenters. The molecular formula is C14H16N2O2. The molecule has 0 fully saturated rings. The predicted octanol–water partition coefficient (Wildman–Crippen LogP) is 3.33. The van der Waals surface area contributed by atoms with Gasteiger partial charge in [-0.2, -0.15) is 0 Å². The van der Waals surface area contributed by atoms with Crippen LogP contribution in [0.1, 0.15) is 20.8 Å². The summed E-state index contributed by atoms with van der Waals surface area (Å²) in [5.74, 6) is -0.0414. The van der Waals surface area contributed by atoms with Crippen LogP contribution in [0.3, 0.4) is 0 Å². The number of hydrogen-bond acceptors (Lipinski definition) is 3. The van der Waals surface area contributed by atoms with E-state index in [4.69, 9.17) is 4.42 Å². The lowest BCUT2D eigenvalue weighted by Crippen LogP contribution is -2.27. The highest BCUT2D eigenvalue weighted by atomic mass is 16.3. The molecule has 0 bridgehead atoms. The van der Waals surface area contributed by atoms with Crippen LogP contribution in [0.4, 0.5) is 5.69 Å². The summed E-state index contributed by atoms with van der Waals surface area (Å²) in [4.78, 5) is 16.0. The van der Waals surface area contributed by atoms with E-state index in [0.717, 1.165) is 11.1 Å². The quantitative estimate of drug-likeness (QED) is 0.881. The molecule has 0 aliphatic carbocycles. The third-order valence-electron chi connectivity index (χ3n) is 2.58. The van der Waals surface area contributed by atoms with Crippen molar-refractivity contribution >= 4 is 11.6 Å². The minimum Gasteiger partial charge on any atom is -0.472 e. The molecule has 2 aromatic heterocycles. The standard InChI is InChI=1S/C14H16N2O2/c1-14(2,3)13(17)16-12-8-15-6-4-11(12)10-5-7-18-9-10/h4-9H,1-3H3,(H,16,17). The fourth-order valence-corrected chi connectivity index (χ4v) is 1.47. The molecule has 4 nitrogen and oxygen atoms in total. The molecule has 0 aromatic carbocycles. The van der Waals surface area contributed by atoms with Crippen LogP contribution in [-0.2, 0) is 4.79 Å². The molecule has 0 aliphatic heterocycles. The Kier molecular flexibility index (Phi) is 3.19. The third-order valence-corrected chi connectivity index (χ3v) is 2.58. The summed E-state index contributed by atoms with van der Waals surface area (Å²) >= 11 is 0. The normalized spacial score (nSPS) is 11.3. The Balaban J connectivity index is 2.32. The summed E-state index contributed by atoms with van der Waals surface area (Å²) in [6, 6.07) is 3.70. The average molecular weight is 244 g/mol. The SMILES string of the molecule is CC(C)(C)C(=O)Nc1cnccc1-c1ccoc1. The van der Waals surface area contributed by atoms with Gasteiger partial charge in [-0.1, -0.05) is 20.8 Å². The Morgan fingerprint density at radius 2 is 2.11 bits per heavy atom. The Labute approximate surface area is 106 Å². The van der Waals surface area contributed by atoms with E-state index in [1.54, 1.807) is 24.9 Å². The van der Waals surface area contributed by atoms with Crippen molar-refractivity contribution in [3.05, 3.63) is 37.1 Å². The largest absolute Gasteiger partial charge is 0.472 e. The number of amides is 1. The van der Waals surface area contributed by atoms with Gasteiger partial charge in [0.25, 0.3) is 0 Å². The zero-order chi connectivity index (χ0) is 13.2. The molecule has 4 heteroatoms. The maximum atomic E-state index is 12.0. The summed E-state index contributed by atoms with van der Waals surface area (Å²) in [6.45, 7) is 5.61. The van der Waals surface area contributed by atoms with Crippen LogP contribution in [0.15, 0.2) is 41.5 Å². The lowest BCUT2D eigenvalue weighted by Gasteiger charge is -2.18. The first kappa shape index (κ1) is 12.4. The van der Waals surface area contributed by atoms with Crippen LogP contribution in [0.25, 0.3) is 11.1 Å². The van der Waals surface area contributed by atoms with Crippen molar-refractivity contribution in [3.8, 4) is 11.1 Å². The second-order valence-corrected chi connectivity index (χ2v) is 5.14. The van der Waals surface area contributed by atoms with Crippen LogP contribution in [0.2, 0.25) is 0 Å². The van der Waals surface area contributed by atoms with E-state index in [2.05, 4.69) is 10.3 Å². The van der Waals surface area contributed by atoms with Gasteiger partial charge in [0.05, 0.1) is 24.4 Å². The highest BCUT2D eigenvalue weighted by Gasteiger charge is 2.22. The first-order valence-electron chi connectivity index (χ1n) is 5.76. The number of carbonyl (C=O) groups is 1. The maximum Gasteiger partial charge on any atom is 0.229 e. The molecule has 94 valence electrons. The van der Waals surface area contributed by atoms with Crippen molar-refractivity contribution in [3.63, 3.8) is 0 Å². The lowest BCUT2D eigenvalue weighted by atomic mass is 9.95. The first-order valence-corrected chi connectivity index (χ1v) is 5.76. The number of aromatic nitrogens is 1. The van der Waals surface area contributed by atoms with Crippen molar-refractivity contribution in [1.82, 2.24) is 4.98 Å². The van der Waals surface area contributed by atoms with Gasteiger partial charge in [0.15, 0.2) is 0 Å². The van der Waals surface area contributed by atoms with E-state index in [0.29, 0.717) is 5.69 Å². The van der Waals surface area contributed by atoms with E-state index in [9.17, 15) is 4.79 Å². The van der Waals surface area contributed by atoms with Crippen LogP contribution in [0.5, 0.6) is 0 Å². The first-order chi connectivity index (χ1) is 8.48. The molecule has 1 amide bonds. The monoisotopic (exact) mass is 244 g/mol. The molecule has 0 saturated carbocycles. The number of nitrogens with zero attached hydrogens (tertiary/aromatic N) is 1. The number of anilines is 1. The zero-order valence-electron chi connectivity index (χ0n) is 10.7. The van der Waals surface area contributed by atoms with Crippen molar-refractivity contribution in [2.75, 3.05) is 5.32 Å². The molecule has 2 aromatic rings. The molecule has 1 N–H and O–H groups in total. The van der Waals surface area contributed by atoms with Crippen molar-refractivity contribution < 1.29 is 9.21 Å². The second kappa shape index (κ2) is 4.64. The molecule has 0 radical (unpaired) electrons. The minimum absolute atomic E-state index is 0.0414. The van der Waals surface area contributed by atoms with Crippen LogP contribution in [-0.4, -0.2) is 10.9 Å². The fourth-order valence-electron chi connectivity index (χ4n) is 1.47. The third kappa shape index (κ3) is 2.59. The van der Waals surface area contributed by atoms with Gasteiger partial charge in [0, 0.05) is 22.7 Å². The van der Waals surface area contributed by atoms with Gasteiger partial charge in [0.2, 0.25) is 5.91 Å². The van der Waals surface area contributed by atoms with Crippen LogP contribution >= 0.6 is 0 Å². The number of carbonyl (C=O) groups excluding carboxylic acids is 1. The maximum absolute atomic E-state index is 12.0. The highest BCUT2D eigenvalue weighted by molar-refractivity contribution is 5.97. The number of hydrogen-bond donors (Lipinski definition) is 1. The molecule has 0 atom stereocenters. The molecule has 0 saturated heterocycles. The summed E-state index contributed by atoms with van der Waals surface area (Å²) in [6.07, 6.45) is 6.58. The Hall–Kier alpha value is -2.10. The van der Waals surface area contributed by atoms with E-state index in [1.165, 1.54) is 0 Å². The van der Waals surface area contributed by atoms with Crippen molar-refractivity contribution in [2.45, 2.75) is 20.8 Å². The highest BCUT2D eigenvalue weighted by Crippen LogP contribution is 2.28. The van der Waals surface area contributed by atoms with E-state index in [-0.39, 0.29) is 5.91 Å². The van der Waals surface area contributed by atoms with E-state index >= 15 is 0 Å². The summed E-state index contributed by atoms with van der Waals surface area (Å²) in [7, 11) is 0. The van der Waals surface area contributed by atoms with Gasteiger partial charge in [-0.15, -0.1) is 0 Å². The van der Waals surface area contributed by atoms with Gasteiger partial charge in [-0.05, 0) is 12.1 Å². The van der Waals surface area contributed by atoms with Gasteiger partial charge >= 0.3 is 0 Å². The smallest absolute Gasteiger partial charge is 0.229 e. The van der Waals surface area contributed by atoms with Crippen LogP contribution < -0.4 is 5.32 Å². The summed E-state index contributed by atoms with van der Waals surface area (Å²) < 4.78 is 5.06. The van der Waals surface area contributed by atoms with Gasteiger partial charge < -0.3 is 9.73 Å².